The molecule has 0 aliphatic carbocycles. The van der Waals surface area contributed by atoms with Crippen LogP contribution in [0.15, 0.2) is 66.4 Å². The molecular weight excluding hydrogens is 378 g/mol. The van der Waals surface area contributed by atoms with Crippen LogP contribution in [0, 0.1) is 18.3 Å². The van der Waals surface area contributed by atoms with Crippen molar-refractivity contribution in [1.29, 1.82) is 0 Å². The molecule has 156 valence electrons. The Labute approximate surface area is 177 Å². The predicted octanol–water partition coefficient (Wildman–Crippen LogP) is 4.06. The monoisotopic (exact) mass is 405 g/mol. The van der Waals surface area contributed by atoms with Crippen LogP contribution in [0.25, 0.3) is 0 Å². The van der Waals surface area contributed by atoms with Gasteiger partial charge >= 0.3 is 0 Å². The maximum atomic E-state index is 12.9. The zero-order valence-corrected chi connectivity index (χ0v) is 17.1. The van der Waals surface area contributed by atoms with Crippen molar-refractivity contribution in [2.75, 3.05) is 18.5 Å². The van der Waals surface area contributed by atoms with Crippen LogP contribution in [0.5, 0.6) is 0 Å². The molecular formula is C25H27NO4. The lowest BCUT2D eigenvalue weighted by atomic mass is 9.80. The van der Waals surface area contributed by atoms with E-state index < -0.39 is 6.29 Å². The molecule has 0 bridgehead atoms. The largest absolute Gasteiger partial charge is 0.459 e. The van der Waals surface area contributed by atoms with Crippen molar-refractivity contribution < 1.29 is 19.4 Å². The first-order valence-corrected chi connectivity index (χ1v) is 10.2. The average Bonchev–Trinajstić information content (AvgIpc) is 2.78. The van der Waals surface area contributed by atoms with Crippen LogP contribution >= 0.6 is 0 Å². The summed E-state index contributed by atoms with van der Waals surface area (Å²) in [5, 5.41) is 12.2. The highest BCUT2D eigenvalue weighted by atomic mass is 16.7. The number of ether oxygens (including phenoxy) is 2. The van der Waals surface area contributed by atoms with E-state index in [0.717, 1.165) is 11.1 Å². The molecule has 2 N–H and O–H groups in total. The number of carbonyl (C=O) groups excluding carboxylic acids is 1. The SMILES string of the molecule is C#Cc1ccc([C@@H]2C=C(C(=O)Nc3ccccc3)O[C@H](OCC)[C@@H]2CCCO)cc1. The molecule has 0 saturated carbocycles. The Balaban J connectivity index is 1.93. The maximum Gasteiger partial charge on any atom is 0.290 e. The molecule has 0 fully saturated rings. The molecule has 5 nitrogen and oxygen atoms in total. The Morgan fingerprint density at radius 2 is 1.93 bits per heavy atom. The molecule has 0 unspecified atom stereocenters. The van der Waals surface area contributed by atoms with Crippen molar-refractivity contribution in [3.63, 3.8) is 0 Å². The summed E-state index contributed by atoms with van der Waals surface area (Å²) in [6.45, 7) is 2.44. The van der Waals surface area contributed by atoms with E-state index >= 15 is 0 Å². The third-order valence-corrected chi connectivity index (χ3v) is 5.13. The second-order valence-corrected chi connectivity index (χ2v) is 7.11. The highest BCUT2D eigenvalue weighted by Gasteiger charge is 2.37. The summed E-state index contributed by atoms with van der Waals surface area (Å²) in [5.74, 6) is 2.38. The number of nitrogens with one attached hydrogen (secondary N) is 1. The summed E-state index contributed by atoms with van der Waals surface area (Å²) in [5.41, 5.74) is 2.51. The van der Waals surface area contributed by atoms with Crippen molar-refractivity contribution in [2.45, 2.75) is 32.0 Å². The number of benzene rings is 2. The smallest absolute Gasteiger partial charge is 0.290 e. The molecule has 3 rings (SSSR count). The van der Waals surface area contributed by atoms with Gasteiger partial charge in [0.25, 0.3) is 5.91 Å². The highest BCUT2D eigenvalue weighted by Crippen LogP contribution is 2.39. The van der Waals surface area contributed by atoms with Gasteiger partial charge in [0, 0.05) is 36.3 Å². The summed E-state index contributed by atoms with van der Waals surface area (Å²) >= 11 is 0. The van der Waals surface area contributed by atoms with Gasteiger partial charge in [-0.3, -0.25) is 4.79 Å². The van der Waals surface area contributed by atoms with Crippen LogP contribution < -0.4 is 5.32 Å². The summed E-state index contributed by atoms with van der Waals surface area (Å²) in [6, 6.07) is 17.0. The first-order valence-electron chi connectivity index (χ1n) is 10.2. The maximum absolute atomic E-state index is 12.9. The number of para-hydroxylation sites is 1. The van der Waals surface area contributed by atoms with E-state index in [4.69, 9.17) is 15.9 Å². The lowest BCUT2D eigenvalue weighted by Gasteiger charge is -2.37. The number of anilines is 1. The van der Waals surface area contributed by atoms with Crippen LogP contribution in [0.3, 0.4) is 0 Å². The molecule has 5 heteroatoms. The van der Waals surface area contributed by atoms with E-state index in [0.29, 0.717) is 25.1 Å². The zero-order chi connectivity index (χ0) is 21.3. The summed E-state index contributed by atoms with van der Waals surface area (Å²) < 4.78 is 11.8. The van der Waals surface area contributed by atoms with Crippen molar-refractivity contribution in [1.82, 2.24) is 0 Å². The van der Waals surface area contributed by atoms with E-state index in [9.17, 15) is 9.90 Å². The molecule has 1 amide bonds. The third-order valence-electron chi connectivity index (χ3n) is 5.13. The van der Waals surface area contributed by atoms with Crippen molar-refractivity contribution >= 4 is 11.6 Å². The van der Waals surface area contributed by atoms with Crippen molar-refractivity contribution in [3.05, 3.63) is 77.6 Å². The molecule has 2 aromatic carbocycles. The molecule has 1 aliphatic heterocycles. The van der Waals surface area contributed by atoms with Gasteiger partial charge in [-0.25, -0.2) is 0 Å². The number of hydrogen-bond donors (Lipinski definition) is 2. The van der Waals surface area contributed by atoms with Gasteiger partial charge < -0.3 is 19.9 Å². The van der Waals surface area contributed by atoms with Gasteiger partial charge in [0.15, 0.2) is 5.76 Å². The average molecular weight is 405 g/mol. The molecule has 0 radical (unpaired) electrons. The van der Waals surface area contributed by atoms with Crippen LogP contribution in [0.2, 0.25) is 0 Å². The minimum Gasteiger partial charge on any atom is -0.459 e. The first kappa shape index (κ1) is 21.6. The van der Waals surface area contributed by atoms with E-state index in [-0.39, 0.29) is 30.1 Å². The number of aliphatic hydroxyl groups is 1. The van der Waals surface area contributed by atoms with E-state index in [2.05, 4.69) is 11.2 Å². The number of hydrogen-bond acceptors (Lipinski definition) is 4. The van der Waals surface area contributed by atoms with Gasteiger partial charge in [-0.2, -0.15) is 0 Å². The Kier molecular flexibility index (Phi) is 7.67. The van der Waals surface area contributed by atoms with E-state index in [1.807, 2.05) is 67.6 Å². The zero-order valence-electron chi connectivity index (χ0n) is 17.1. The standard InChI is InChI=1S/C25H27NO4/c1-3-18-12-14-19(15-13-18)22-17-23(24(28)26-20-9-6-5-7-10-20)30-25(29-4-2)21(22)11-8-16-27/h1,5-7,9-10,12-15,17,21-22,25,27H,4,8,11,16H2,2H3,(H,26,28)/t21-,22+,25+/m1/s1. The topological polar surface area (TPSA) is 67.8 Å². The third kappa shape index (κ3) is 5.29. The fourth-order valence-corrected chi connectivity index (χ4v) is 3.66. The number of terminal acetylenes is 1. The van der Waals surface area contributed by atoms with Crippen molar-refractivity contribution in [3.8, 4) is 12.3 Å². The lowest BCUT2D eigenvalue weighted by molar-refractivity contribution is -0.165. The van der Waals surface area contributed by atoms with Crippen molar-refractivity contribution in [2.24, 2.45) is 5.92 Å². The van der Waals surface area contributed by atoms with Crippen LogP contribution in [-0.2, 0) is 14.3 Å². The highest BCUT2D eigenvalue weighted by molar-refractivity contribution is 6.02. The normalized spacial score (nSPS) is 20.6. The van der Waals surface area contributed by atoms with Gasteiger partial charge in [-0.05, 0) is 55.7 Å². The van der Waals surface area contributed by atoms with Gasteiger partial charge in [0.2, 0.25) is 6.29 Å². The molecule has 1 heterocycles. The molecule has 0 spiro atoms. The van der Waals surface area contributed by atoms with Crippen LogP contribution in [0.4, 0.5) is 5.69 Å². The number of carbonyl (C=O) groups is 1. The van der Waals surface area contributed by atoms with Gasteiger partial charge in [0.1, 0.15) is 0 Å². The summed E-state index contributed by atoms with van der Waals surface area (Å²) in [4.78, 5) is 12.9. The Hall–Kier alpha value is -3.07. The number of allylic oxidation sites excluding steroid dienone is 1. The molecule has 1 aliphatic rings. The van der Waals surface area contributed by atoms with Gasteiger partial charge in [-0.15, -0.1) is 6.42 Å². The van der Waals surface area contributed by atoms with Gasteiger partial charge in [-0.1, -0.05) is 36.3 Å². The summed E-state index contributed by atoms with van der Waals surface area (Å²) in [6.07, 6.45) is 8.07. The molecule has 0 aromatic heterocycles. The fourth-order valence-electron chi connectivity index (χ4n) is 3.66. The fraction of sp³-hybridized carbons (Fsp3) is 0.320. The molecule has 0 saturated heterocycles. The Morgan fingerprint density at radius 3 is 2.57 bits per heavy atom. The Bertz CT molecular complexity index is 899. The quantitative estimate of drug-likeness (QED) is 0.650. The lowest BCUT2D eigenvalue weighted by Crippen LogP contribution is -2.37. The minimum atomic E-state index is -0.583. The van der Waals surface area contributed by atoms with Gasteiger partial charge in [0.05, 0.1) is 0 Å². The number of rotatable bonds is 8. The Morgan fingerprint density at radius 1 is 1.20 bits per heavy atom. The molecule has 3 atom stereocenters. The molecule has 2 aromatic rings. The second kappa shape index (κ2) is 10.6. The van der Waals surface area contributed by atoms with E-state index in [1.165, 1.54) is 0 Å². The second-order valence-electron chi connectivity index (χ2n) is 7.11. The summed E-state index contributed by atoms with van der Waals surface area (Å²) in [7, 11) is 0. The number of aliphatic hydroxyl groups excluding tert-OH is 1. The minimum absolute atomic E-state index is 0.0398. The van der Waals surface area contributed by atoms with Crippen LogP contribution in [-0.4, -0.2) is 30.5 Å². The van der Waals surface area contributed by atoms with E-state index in [1.54, 1.807) is 0 Å². The van der Waals surface area contributed by atoms with Crippen LogP contribution in [0.1, 0.15) is 36.8 Å². The first-order chi connectivity index (χ1) is 14.7. The molecule has 30 heavy (non-hydrogen) atoms. The number of amides is 1. The predicted molar refractivity (Wildman–Crippen MR) is 117 cm³/mol.